The van der Waals surface area contributed by atoms with Gasteiger partial charge in [-0.05, 0) is 29.7 Å². The highest BCUT2D eigenvalue weighted by Crippen LogP contribution is 2.28. The minimum Gasteiger partial charge on any atom is -0.476 e. The number of ether oxygens (including phenoxy) is 1. The molecule has 3 heterocycles. The zero-order chi connectivity index (χ0) is 19.6. The summed E-state index contributed by atoms with van der Waals surface area (Å²) in [6.07, 6.45) is -3.07. The summed E-state index contributed by atoms with van der Waals surface area (Å²) in [6.45, 7) is 4.78. The Morgan fingerprint density at radius 1 is 1.26 bits per heavy atom. The van der Waals surface area contributed by atoms with Crippen LogP contribution < -0.4 is 10.1 Å². The highest BCUT2D eigenvalue weighted by Gasteiger charge is 2.37. The highest BCUT2D eigenvalue weighted by molar-refractivity contribution is 6.31. The van der Waals surface area contributed by atoms with E-state index in [1.165, 1.54) is 12.1 Å². The molecule has 0 spiro atoms. The third-order valence-electron chi connectivity index (χ3n) is 3.41. The van der Waals surface area contributed by atoms with Crippen molar-refractivity contribution in [2.75, 3.05) is 11.9 Å². The Balaban J connectivity index is 1.72. The van der Waals surface area contributed by atoms with Crippen molar-refractivity contribution in [1.29, 1.82) is 0 Å². The van der Waals surface area contributed by atoms with E-state index < -0.39 is 12.0 Å². The van der Waals surface area contributed by atoms with Gasteiger partial charge in [0.2, 0.25) is 5.88 Å². The van der Waals surface area contributed by atoms with Crippen molar-refractivity contribution in [1.82, 2.24) is 24.8 Å². The second-order valence-corrected chi connectivity index (χ2v) is 6.61. The van der Waals surface area contributed by atoms with Crippen LogP contribution in [-0.2, 0) is 12.7 Å². The summed E-state index contributed by atoms with van der Waals surface area (Å²) in [6, 6.07) is 4.58. The maximum absolute atomic E-state index is 12.9. The predicted molar refractivity (Wildman–Crippen MR) is 92.7 cm³/mol. The minimum absolute atomic E-state index is 0.00393. The van der Waals surface area contributed by atoms with E-state index in [9.17, 15) is 13.2 Å². The Labute approximate surface area is 157 Å². The smallest absolute Gasteiger partial charge is 0.453 e. The monoisotopic (exact) mass is 400 g/mol. The number of nitrogens with zero attached hydrogens (tertiary/aromatic N) is 5. The van der Waals surface area contributed by atoms with Crippen LogP contribution in [0.3, 0.4) is 0 Å². The third-order valence-corrected chi connectivity index (χ3v) is 3.68. The van der Waals surface area contributed by atoms with Crippen LogP contribution in [0.25, 0.3) is 5.65 Å². The van der Waals surface area contributed by atoms with Gasteiger partial charge in [-0.25, -0.2) is 4.98 Å². The standard InChI is InChI=1S/C16H16ClF3N6O/c1-9(2)8-27-14-11(17)5-10(7-22-14)6-21-12-3-4-13-23-24-15(16(18,19)20)26(13)25-12/h3-5,7,9H,6,8H2,1-2H3,(H,21,25). The molecule has 0 fully saturated rings. The van der Waals surface area contributed by atoms with Crippen LogP contribution in [-0.4, -0.2) is 31.4 Å². The largest absolute Gasteiger partial charge is 0.476 e. The van der Waals surface area contributed by atoms with E-state index in [4.69, 9.17) is 16.3 Å². The Hall–Kier alpha value is -2.62. The molecule has 3 aromatic heterocycles. The third kappa shape index (κ3) is 4.57. The summed E-state index contributed by atoms with van der Waals surface area (Å²) in [5, 5.41) is 13.8. The molecule has 3 rings (SSSR count). The molecule has 7 nitrogen and oxygen atoms in total. The number of nitrogens with one attached hydrogen (secondary N) is 1. The van der Waals surface area contributed by atoms with E-state index in [1.807, 2.05) is 13.8 Å². The fourth-order valence-corrected chi connectivity index (χ4v) is 2.41. The van der Waals surface area contributed by atoms with Gasteiger partial charge in [0.1, 0.15) is 10.8 Å². The molecule has 0 atom stereocenters. The molecule has 0 amide bonds. The second-order valence-electron chi connectivity index (χ2n) is 6.20. The van der Waals surface area contributed by atoms with Gasteiger partial charge in [-0.1, -0.05) is 25.4 Å². The number of hydrogen-bond donors (Lipinski definition) is 1. The Morgan fingerprint density at radius 3 is 2.70 bits per heavy atom. The van der Waals surface area contributed by atoms with Crippen molar-refractivity contribution in [3.8, 4) is 5.88 Å². The molecule has 0 saturated carbocycles. The lowest BCUT2D eigenvalue weighted by molar-refractivity contribution is -0.146. The number of fused-ring (bicyclic) bond motifs is 1. The first-order valence-electron chi connectivity index (χ1n) is 8.05. The van der Waals surface area contributed by atoms with E-state index in [0.717, 1.165) is 5.56 Å². The molecule has 0 bridgehead atoms. The van der Waals surface area contributed by atoms with Gasteiger partial charge >= 0.3 is 6.18 Å². The fraction of sp³-hybridized carbons (Fsp3) is 0.375. The molecule has 144 valence electrons. The lowest BCUT2D eigenvalue weighted by Gasteiger charge is -2.11. The van der Waals surface area contributed by atoms with Crippen molar-refractivity contribution in [2.45, 2.75) is 26.6 Å². The normalized spacial score (nSPS) is 12.0. The molecule has 11 heteroatoms. The molecule has 0 saturated heterocycles. The van der Waals surface area contributed by atoms with E-state index in [0.29, 0.717) is 27.9 Å². The maximum atomic E-state index is 12.9. The minimum atomic E-state index is -4.64. The van der Waals surface area contributed by atoms with Gasteiger partial charge in [0.25, 0.3) is 5.82 Å². The number of aromatic nitrogens is 5. The molecule has 0 aromatic carbocycles. The number of halogens is 4. The SMILES string of the molecule is CC(C)COc1ncc(CNc2ccc3nnc(C(F)(F)F)n3n2)cc1Cl. The Kier molecular flexibility index (Phi) is 5.36. The molecule has 27 heavy (non-hydrogen) atoms. The number of alkyl halides is 3. The second kappa shape index (κ2) is 7.55. The van der Waals surface area contributed by atoms with Crippen molar-refractivity contribution >= 4 is 23.1 Å². The van der Waals surface area contributed by atoms with Crippen LogP contribution in [0.1, 0.15) is 25.2 Å². The van der Waals surface area contributed by atoms with Crippen LogP contribution in [0, 0.1) is 5.92 Å². The van der Waals surface area contributed by atoms with Crippen LogP contribution >= 0.6 is 11.6 Å². The van der Waals surface area contributed by atoms with Gasteiger partial charge in [0.05, 0.1) is 6.61 Å². The summed E-state index contributed by atoms with van der Waals surface area (Å²) >= 11 is 6.15. The van der Waals surface area contributed by atoms with Crippen molar-refractivity contribution in [3.63, 3.8) is 0 Å². The van der Waals surface area contributed by atoms with Crippen molar-refractivity contribution in [2.24, 2.45) is 5.92 Å². The van der Waals surface area contributed by atoms with E-state index in [1.54, 1.807) is 12.3 Å². The number of hydrogen-bond acceptors (Lipinski definition) is 6. The van der Waals surface area contributed by atoms with Crippen LogP contribution in [0.5, 0.6) is 5.88 Å². The lowest BCUT2D eigenvalue weighted by atomic mass is 10.2. The molecule has 0 aliphatic heterocycles. The number of anilines is 1. The molecule has 0 unspecified atom stereocenters. The van der Waals surface area contributed by atoms with Crippen molar-refractivity contribution in [3.05, 3.63) is 40.8 Å². The van der Waals surface area contributed by atoms with Gasteiger partial charge in [-0.3, -0.25) is 0 Å². The van der Waals surface area contributed by atoms with Crippen LogP contribution in [0.4, 0.5) is 19.0 Å². The van der Waals surface area contributed by atoms with Gasteiger partial charge in [-0.2, -0.15) is 17.7 Å². The molecule has 3 aromatic rings. The molecular weight excluding hydrogens is 385 g/mol. The first kappa shape index (κ1) is 19.2. The van der Waals surface area contributed by atoms with E-state index >= 15 is 0 Å². The average Bonchev–Trinajstić information content (AvgIpc) is 3.02. The first-order chi connectivity index (χ1) is 12.7. The fourth-order valence-electron chi connectivity index (χ4n) is 2.17. The van der Waals surface area contributed by atoms with Gasteiger partial charge in [0, 0.05) is 12.7 Å². The summed E-state index contributed by atoms with van der Waals surface area (Å²) in [7, 11) is 0. The zero-order valence-electron chi connectivity index (χ0n) is 14.5. The van der Waals surface area contributed by atoms with Gasteiger partial charge in [-0.15, -0.1) is 15.3 Å². The van der Waals surface area contributed by atoms with Crippen molar-refractivity contribution < 1.29 is 17.9 Å². The summed E-state index contributed by atoms with van der Waals surface area (Å²) in [5.41, 5.74) is 0.725. The zero-order valence-corrected chi connectivity index (χ0v) is 15.2. The van der Waals surface area contributed by atoms with E-state index in [2.05, 4.69) is 25.6 Å². The Morgan fingerprint density at radius 2 is 2.04 bits per heavy atom. The summed E-state index contributed by atoms with van der Waals surface area (Å²) in [4.78, 5) is 4.16. The first-order valence-corrected chi connectivity index (χ1v) is 8.42. The molecule has 1 N–H and O–H groups in total. The topological polar surface area (TPSA) is 77.2 Å². The summed E-state index contributed by atoms with van der Waals surface area (Å²) < 4.78 is 44.9. The lowest BCUT2D eigenvalue weighted by Crippen LogP contribution is -2.13. The quantitative estimate of drug-likeness (QED) is 0.677. The number of rotatable bonds is 6. The van der Waals surface area contributed by atoms with E-state index in [-0.39, 0.29) is 18.0 Å². The average molecular weight is 401 g/mol. The van der Waals surface area contributed by atoms with Crippen LogP contribution in [0.15, 0.2) is 24.4 Å². The number of pyridine rings is 1. The molecule has 0 radical (unpaired) electrons. The molecule has 0 aliphatic rings. The molecular formula is C16H16ClF3N6O. The Bertz CT molecular complexity index is 944. The molecule has 0 aliphatic carbocycles. The van der Waals surface area contributed by atoms with Crippen LogP contribution in [0.2, 0.25) is 5.02 Å². The highest BCUT2D eigenvalue weighted by atomic mass is 35.5. The van der Waals surface area contributed by atoms with Gasteiger partial charge in [0.15, 0.2) is 5.65 Å². The maximum Gasteiger partial charge on any atom is 0.453 e. The van der Waals surface area contributed by atoms with Gasteiger partial charge < -0.3 is 10.1 Å². The predicted octanol–water partition coefficient (Wildman–Crippen LogP) is 3.84. The summed E-state index contributed by atoms with van der Waals surface area (Å²) in [5.74, 6) is -0.279.